The second kappa shape index (κ2) is 7.88. The van der Waals surface area contributed by atoms with E-state index in [1.807, 2.05) is 13.0 Å². The molecular weight excluding hydrogens is 388 g/mol. The third-order valence-corrected chi connectivity index (χ3v) is 6.71. The van der Waals surface area contributed by atoms with Gasteiger partial charge in [0.05, 0.1) is 17.7 Å². The van der Waals surface area contributed by atoms with Gasteiger partial charge in [0.2, 0.25) is 15.9 Å². The first-order valence-corrected chi connectivity index (χ1v) is 10.4. The number of carbonyl (C=O) groups is 1. The molecule has 1 aliphatic heterocycles. The van der Waals surface area contributed by atoms with Gasteiger partial charge in [-0.3, -0.25) is 4.79 Å². The average Bonchev–Trinajstić information content (AvgIpc) is 3.13. The van der Waals surface area contributed by atoms with E-state index in [1.165, 1.54) is 35.7 Å². The van der Waals surface area contributed by atoms with Crippen LogP contribution in [-0.4, -0.2) is 38.3 Å². The summed E-state index contributed by atoms with van der Waals surface area (Å²) >= 11 is 5.85. The molecule has 1 amide bonds. The molecule has 1 saturated heterocycles. The van der Waals surface area contributed by atoms with Crippen molar-refractivity contribution in [2.75, 3.05) is 19.0 Å². The average molecular weight is 409 g/mol. The first-order chi connectivity index (χ1) is 12.8. The van der Waals surface area contributed by atoms with Crippen LogP contribution in [0, 0.1) is 6.92 Å². The second-order valence-corrected chi connectivity index (χ2v) is 8.75. The number of hydrogen-bond donors (Lipinski definition) is 1. The van der Waals surface area contributed by atoms with E-state index < -0.39 is 16.1 Å². The molecule has 1 atom stereocenters. The van der Waals surface area contributed by atoms with Gasteiger partial charge < -0.3 is 10.1 Å². The summed E-state index contributed by atoms with van der Waals surface area (Å²) in [6.07, 6.45) is 1.09. The Balaban J connectivity index is 1.85. The smallest absolute Gasteiger partial charge is 0.243 e. The molecule has 6 nitrogen and oxygen atoms in total. The number of carbonyl (C=O) groups excluding carboxylic acids is 1. The van der Waals surface area contributed by atoms with E-state index >= 15 is 0 Å². The number of anilines is 1. The van der Waals surface area contributed by atoms with Crippen LogP contribution >= 0.6 is 11.6 Å². The summed E-state index contributed by atoms with van der Waals surface area (Å²) < 4.78 is 32.5. The van der Waals surface area contributed by atoms with Gasteiger partial charge in [-0.05, 0) is 61.7 Å². The summed E-state index contributed by atoms with van der Waals surface area (Å²) in [5.41, 5.74) is 1.49. The molecule has 0 aliphatic carbocycles. The predicted molar refractivity (Wildman–Crippen MR) is 105 cm³/mol. The summed E-state index contributed by atoms with van der Waals surface area (Å²) in [6, 6.07) is 10.6. The van der Waals surface area contributed by atoms with Crippen LogP contribution in [0.2, 0.25) is 5.02 Å². The molecule has 1 aliphatic rings. The zero-order valence-electron chi connectivity index (χ0n) is 15.1. The lowest BCUT2D eigenvalue weighted by Crippen LogP contribution is -2.43. The molecule has 0 saturated carbocycles. The normalized spacial score (nSPS) is 17.7. The van der Waals surface area contributed by atoms with E-state index in [2.05, 4.69) is 5.32 Å². The Morgan fingerprint density at radius 1 is 1.22 bits per heavy atom. The Hall–Kier alpha value is -2.09. The number of sulfonamides is 1. The molecule has 0 bridgehead atoms. The van der Waals surface area contributed by atoms with Gasteiger partial charge in [0.15, 0.2) is 0 Å². The molecule has 144 valence electrons. The molecule has 0 aromatic heterocycles. The third kappa shape index (κ3) is 4.10. The van der Waals surface area contributed by atoms with E-state index in [1.54, 1.807) is 12.1 Å². The van der Waals surface area contributed by atoms with E-state index in [4.69, 9.17) is 16.3 Å². The van der Waals surface area contributed by atoms with Crippen molar-refractivity contribution in [3.63, 3.8) is 0 Å². The molecule has 0 unspecified atom stereocenters. The minimum atomic E-state index is -3.78. The highest BCUT2D eigenvalue weighted by molar-refractivity contribution is 7.89. The van der Waals surface area contributed by atoms with Crippen LogP contribution in [0.5, 0.6) is 5.75 Å². The molecule has 2 aromatic carbocycles. The number of ether oxygens (including phenoxy) is 1. The summed E-state index contributed by atoms with van der Waals surface area (Å²) in [5, 5.41) is 3.27. The lowest BCUT2D eigenvalue weighted by molar-refractivity contribution is -0.119. The number of methoxy groups -OCH3 is 1. The number of nitrogens with one attached hydrogen (secondary N) is 1. The van der Waals surface area contributed by atoms with Gasteiger partial charge >= 0.3 is 0 Å². The van der Waals surface area contributed by atoms with Gasteiger partial charge in [0, 0.05) is 11.6 Å². The molecule has 2 aromatic rings. The summed E-state index contributed by atoms with van der Waals surface area (Å²) in [7, 11) is -2.26. The number of aryl methyl sites for hydroxylation is 1. The molecule has 0 radical (unpaired) electrons. The van der Waals surface area contributed by atoms with Gasteiger partial charge in [0.1, 0.15) is 11.8 Å². The van der Waals surface area contributed by atoms with E-state index in [0.717, 1.165) is 5.56 Å². The highest BCUT2D eigenvalue weighted by Gasteiger charge is 2.39. The van der Waals surface area contributed by atoms with Crippen LogP contribution in [0.4, 0.5) is 5.69 Å². The summed E-state index contributed by atoms with van der Waals surface area (Å²) in [5.74, 6) is 0.160. The van der Waals surface area contributed by atoms with Crippen molar-refractivity contribution in [2.45, 2.75) is 30.7 Å². The standard InChI is InChI=1S/C19H21ClN2O4S/c1-13-5-10-18(26-2)16(12-13)21-19(23)17-4-3-11-22(17)27(24,25)15-8-6-14(20)7-9-15/h5-10,12,17H,3-4,11H2,1-2H3,(H,21,23)/t17-/m0/s1. The third-order valence-electron chi connectivity index (χ3n) is 4.54. The Kier molecular flexibility index (Phi) is 5.74. The Labute approximate surface area is 164 Å². The van der Waals surface area contributed by atoms with Crippen LogP contribution in [-0.2, 0) is 14.8 Å². The predicted octanol–water partition coefficient (Wildman–Crippen LogP) is 3.45. The van der Waals surface area contributed by atoms with Crippen LogP contribution in [0.3, 0.4) is 0 Å². The summed E-state index contributed by atoms with van der Waals surface area (Å²) in [6.45, 7) is 2.20. The van der Waals surface area contributed by atoms with Crippen molar-refractivity contribution in [3.05, 3.63) is 53.1 Å². The van der Waals surface area contributed by atoms with Crippen molar-refractivity contribution >= 4 is 33.2 Å². The summed E-state index contributed by atoms with van der Waals surface area (Å²) in [4.78, 5) is 13.0. The molecule has 1 fully saturated rings. The zero-order chi connectivity index (χ0) is 19.6. The van der Waals surface area contributed by atoms with Crippen molar-refractivity contribution in [1.29, 1.82) is 0 Å². The number of amides is 1. The quantitative estimate of drug-likeness (QED) is 0.822. The SMILES string of the molecule is COc1ccc(C)cc1NC(=O)[C@@H]1CCCN1S(=O)(=O)c1ccc(Cl)cc1. The maximum atomic E-state index is 13.0. The zero-order valence-corrected chi connectivity index (χ0v) is 16.7. The largest absolute Gasteiger partial charge is 0.495 e. The lowest BCUT2D eigenvalue weighted by Gasteiger charge is -2.24. The van der Waals surface area contributed by atoms with Crippen LogP contribution < -0.4 is 10.1 Å². The van der Waals surface area contributed by atoms with Gasteiger partial charge in [-0.1, -0.05) is 17.7 Å². The fourth-order valence-electron chi connectivity index (χ4n) is 3.17. The van der Waals surface area contributed by atoms with Crippen molar-refractivity contribution < 1.29 is 17.9 Å². The van der Waals surface area contributed by atoms with Crippen molar-refractivity contribution in [2.24, 2.45) is 0 Å². The molecule has 8 heteroatoms. The first-order valence-electron chi connectivity index (χ1n) is 8.56. The number of halogens is 1. The van der Waals surface area contributed by atoms with Crippen LogP contribution in [0.25, 0.3) is 0 Å². The fraction of sp³-hybridized carbons (Fsp3) is 0.316. The fourth-order valence-corrected chi connectivity index (χ4v) is 4.95. The minimum Gasteiger partial charge on any atom is -0.495 e. The molecular formula is C19H21ClN2O4S. The molecule has 3 rings (SSSR count). The molecule has 27 heavy (non-hydrogen) atoms. The molecule has 1 heterocycles. The number of hydrogen-bond acceptors (Lipinski definition) is 4. The highest BCUT2D eigenvalue weighted by atomic mass is 35.5. The van der Waals surface area contributed by atoms with E-state index in [9.17, 15) is 13.2 Å². The van der Waals surface area contributed by atoms with Gasteiger partial charge in [-0.25, -0.2) is 8.42 Å². The van der Waals surface area contributed by atoms with Crippen LogP contribution in [0.15, 0.2) is 47.4 Å². The lowest BCUT2D eigenvalue weighted by atomic mass is 10.1. The molecule has 0 spiro atoms. The topological polar surface area (TPSA) is 75.7 Å². The highest BCUT2D eigenvalue weighted by Crippen LogP contribution is 2.30. The number of nitrogens with zero attached hydrogens (tertiary/aromatic N) is 1. The van der Waals surface area contributed by atoms with E-state index in [-0.39, 0.29) is 10.8 Å². The second-order valence-electron chi connectivity index (χ2n) is 6.42. The van der Waals surface area contributed by atoms with Gasteiger partial charge in [0.25, 0.3) is 0 Å². The molecule has 1 N–H and O–H groups in total. The van der Waals surface area contributed by atoms with E-state index in [0.29, 0.717) is 35.8 Å². The Morgan fingerprint density at radius 2 is 1.93 bits per heavy atom. The van der Waals surface area contributed by atoms with Crippen molar-refractivity contribution in [3.8, 4) is 5.75 Å². The minimum absolute atomic E-state index is 0.125. The first kappa shape index (κ1) is 19.7. The van der Waals surface area contributed by atoms with Gasteiger partial charge in [-0.2, -0.15) is 4.31 Å². The van der Waals surface area contributed by atoms with Crippen molar-refractivity contribution in [1.82, 2.24) is 4.31 Å². The Bertz CT molecular complexity index is 945. The maximum Gasteiger partial charge on any atom is 0.243 e. The monoisotopic (exact) mass is 408 g/mol. The van der Waals surface area contributed by atoms with Gasteiger partial charge in [-0.15, -0.1) is 0 Å². The maximum absolute atomic E-state index is 13.0. The number of benzene rings is 2. The van der Waals surface area contributed by atoms with Crippen LogP contribution in [0.1, 0.15) is 18.4 Å². The number of rotatable bonds is 5. The Morgan fingerprint density at radius 3 is 2.59 bits per heavy atom.